The molecule has 0 bridgehead atoms. The number of Topliss-reactive ketones (excluding diaryl/α,β-unsaturated/α-hetero) is 1. The highest BCUT2D eigenvalue weighted by Crippen LogP contribution is 2.34. The molecule has 0 radical (unpaired) electrons. The molecule has 3 nitrogen and oxygen atoms in total. The second kappa shape index (κ2) is 6.17. The molecule has 0 saturated heterocycles. The van der Waals surface area contributed by atoms with Crippen LogP contribution in [0.25, 0.3) is 0 Å². The summed E-state index contributed by atoms with van der Waals surface area (Å²) in [6.07, 6.45) is 5.30. The van der Waals surface area contributed by atoms with Crippen LogP contribution < -0.4 is 0 Å². The number of rotatable bonds is 5. The van der Waals surface area contributed by atoms with E-state index in [-0.39, 0.29) is 23.6 Å². The highest BCUT2D eigenvalue weighted by atomic mass is 16.6. The maximum Gasteiger partial charge on any atom is 0.309 e. The molecule has 18 heavy (non-hydrogen) atoms. The number of carbonyl (C=O) groups is 2. The van der Waals surface area contributed by atoms with Crippen molar-refractivity contribution in [1.29, 1.82) is 0 Å². The average Bonchev–Trinajstić information content (AvgIpc) is 2.72. The zero-order chi connectivity index (χ0) is 13.8. The Morgan fingerprint density at radius 2 is 1.89 bits per heavy atom. The number of hydrogen-bond donors (Lipinski definition) is 0. The lowest BCUT2D eigenvalue weighted by Gasteiger charge is -2.22. The monoisotopic (exact) mass is 252 g/mol. The number of allylic oxidation sites excluding steroid dienone is 1. The summed E-state index contributed by atoms with van der Waals surface area (Å²) in [7, 11) is 0. The van der Waals surface area contributed by atoms with Crippen LogP contribution in [0.15, 0.2) is 12.7 Å². The summed E-state index contributed by atoms with van der Waals surface area (Å²) in [5.41, 5.74) is -0.442. The fourth-order valence-electron chi connectivity index (χ4n) is 2.32. The Labute approximate surface area is 110 Å². The van der Waals surface area contributed by atoms with Gasteiger partial charge in [-0.15, -0.1) is 6.58 Å². The number of hydrogen-bond acceptors (Lipinski definition) is 3. The van der Waals surface area contributed by atoms with Crippen LogP contribution in [-0.2, 0) is 14.3 Å². The van der Waals surface area contributed by atoms with Gasteiger partial charge in [0.25, 0.3) is 0 Å². The third kappa shape index (κ3) is 4.63. The average molecular weight is 252 g/mol. The molecule has 0 aromatic rings. The summed E-state index contributed by atoms with van der Waals surface area (Å²) in [4.78, 5) is 23.8. The molecular formula is C15H24O3. The topological polar surface area (TPSA) is 43.4 Å². The predicted octanol–water partition coefficient (Wildman–Crippen LogP) is 3.28. The van der Waals surface area contributed by atoms with Crippen molar-refractivity contribution in [1.82, 2.24) is 0 Å². The van der Waals surface area contributed by atoms with Crippen molar-refractivity contribution in [2.24, 2.45) is 11.8 Å². The van der Waals surface area contributed by atoms with Crippen LogP contribution in [0, 0.1) is 11.8 Å². The maximum absolute atomic E-state index is 11.9. The number of ketones is 1. The molecule has 1 unspecified atom stereocenters. The molecule has 102 valence electrons. The van der Waals surface area contributed by atoms with Gasteiger partial charge >= 0.3 is 5.97 Å². The molecule has 0 heterocycles. The standard InChI is InChI=1S/C15H24O3/c1-5-6-7-13(16)11-8-9-12(10-11)14(17)18-15(2,3)4/h5,11-12H,1,6-10H2,2-4H3/t11-,12?/m1/s1. The van der Waals surface area contributed by atoms with Crippen molar-refractivity contribution in [2.75, 3.05) is 0 Å². The Kier molecular flexibility index (Phi) is 5.12. The van der Waals surface area contributed by atoms with Gasteiger partial charge in [-0.3, -0.25) is 9.59 Å². The molecule has 1 aliphatic carbocycles. The Hall–Kier alpha value is -1.12. The zero-order valence-corrected chi connectivity index (χ0v) is 11.7. The van der Waals surface area contributed by atoms with Crippen LogP contribution in [-0.4, -0.2) is 17.4 Å². The highest BCUT2D eigenvalue weighted by molar-refractivity contribution is 5.83. The molecule has 0 aliphatic heterocycles. The first kappa shape index (κ1) is 14.9. The molecule has 1 saturated carbocycles. The van der Waals surface area contributed by atoms with Crippen molar-refractivity contribution in [2.45, 2.75) is 58.5 Å². The van der Waals surface area contributed by atoms with Gasteiger partial charge in [0.2, 0.25) is 0 Å². The van der Waals surface area contributed by atoms with Crippen molar-refractivity contribution >= 4 is 11.8 Å². The number of esters is 1. The van der Waals surface area contributed by atoms with Crippen LogP contribution in [0.4, 0.5) is 0 Å². The summed E-state index contributed by atoms with van der Waals surface area (Å²) in [6.45, 7) is 9.22. The maximum atomic E-state index is 11.9. The van der Waals surface area contributed by atoms with E-state index < -0.39 is 5.60 Å². The number of ether oxygens (including phenoxy) is 1. The van der Waals surface area contributed by atoms with Gasteiger partial charge in [-0.1, -0.05) is 6.08 Å². The van der Waals surface area contributed by atoms with E-state index >= 15 is 0 Å². The van der Waals surface area contributed by atoms with Crippen LogP contribution in [0.2, 0.25) is 0 Å². The molecule has 1 fully saturated rings. The van der Waals surface area contributed by atoms with Crippen molar-refractivity contribution < 1.29 is 14.3 Å². The van der Waals surface area contributed by atoms with Gasteiger partial charge in [-0.05, 0) is 46.5 Å². The molecule has 0 aromatic heterocycles. The summed E-state index contributed by atoms with van der Waals surface area (Å²) in [5.74, 6) is 0.0619. The Bertz CT molecular complexity index is 325. The van der Waals surface area contributed by atoms with Gasteiger partial charge in [-0.25, -0.2) is 0 Å². The Morgan fingerprint density at radius 3 is 2.44 bits per heavy atom. The van der Waals surface area contributed by atoms with Gasteiger partial charge in [0.05, 0.1) is 5.92 Å². The number of carbonyl (C=O) groups excluding carboxylic acids is 2. The molecule has 0 N–H and O–H groups in total. The zero-order valence-electron chi connectivity index (χ0n) is 11.7. The van der Waals surface area contributed by atoms with E-state index in [0.717, 1.165) is 19.3 Å². The van der Waals surface area contributed by atoms with Crippen molar-refractivity contribution in [3.63, 3.8) is 0 Å². The van der Waals surface area contributed by atoms with Crippen molar-refractivity contribution in [3.05, 3.63) is 12.7 Å². The van der Waals surface area contributed by atoms with Gasteiger partial charge in [0, 0.05) is 12.3 Å². The molecule has 1 rings (SSSR count). The molecular weight excluding hydrogens is 228 g/mol. The summed E-state index contributed by atoms with van der Waals surface area (Å²) in [6, 6.07) is 0. The van der Waals surface area contributed by atoms with Gasteiger partial charge in [0.1, 0.15) is 11.4 Å². The lowest BCUT2D eigenvalue weighted by Crippen LogP contribution is -2.28. The van der Waals surface area contributed by atoms with Crippen LogP contribution in [0.1, 0.15) is 52.9 Å². The molecule has 3 heteroatoms. The van der Waals surface area contributed by atoms with Gasteiger partial charge < -0.3 is 4.74 Å². The molecule has 0 spiro atoms. The van der Waals surface area contributed by atoms with Crippen LogP contribution in [0.3, 0.4) is 0 Å². The molecule has 0 amide bonds. The van der Waals surface area contributed by atoms with Crippen molar-refractivity contribution in [3.8, 4) is 0 Å². The lowest BCUT2D eigenvalue weighted by atomic mass is 9.97. The quantitative estimate of drug-likeness (QED) is 0.557. The first-order valence-corrected chi connectivity index (χ1v) is 6.70. The summed E-state index contributed by atoms with van der Waals surface area (Å²) >= 11 is 0. The highest BCUT2D eigenvalue weighted by Gasteiger charge is 2.35. The van der Waals surface area contributed by atoms with E-state index in [9.17, 15) is 9.59 Å². The van der Waals surface area contributed by atoms with E-state index in [2.05, 4.69) is 6.58 Å². The van der Waals surface area contributed by atoms with E-state index in [1.165, 1.54) is 0 Å². The Balaban J connectivity index is 2.43. The first-order chi connectivity index (χ1) is 8.33. The lowest BCUT2D eigenvalue weighted by molar-refractivity contribution is -0.159. The fraction of sp³-hybridized carbons (Fsp3) is 0.733. The second-order valence-electron chi connectivity index (χ2n) is 6.03. The smallest absolute Gasteiger partial charge is 0.309 e. The minimum atomic E-state index is -0.442. The Morgan fingerprint density at radius 1 is 1.28 bits per heavy atom. The predicted molar refractivity (Wildman–Crippen MR) is 71.1 cm³/mol. The molecule has 2 atom stereocenters. The van der Waals surface area contributed by atoms with Crippen LogP contribution >= 0.6 is 0 Å². The van der Waals surface area contributed by atoms with E-state index in [4.69, 9.17) is 4.74 Å². The summed E-state index contributed by atoms with van der Waals surface area (Å²) < 4.78 is 5.36. The second-order valence-corrected chi connectivity index (χ2v) is 6.03. The van der Waals surface area contributed by atoms with E-state index in [1.54, 1.807) is 6.08 Å². The summed E-state index contributed by atoms with van der Waals surface area (Å²) in [5, 5.41) is 0. The third-order valence-corrected chi connectivity index (χ3v) is 3.22. The largest absolute Gasteiger partial charge is 0.460 e. The fourth-order valence-corrected chi connectivity index (χ4v) is 2.32. The van der Waals surface area contributed by atoms with Gasteiger partial charge in [0.15, 0.2) is 0 Å². The normalized spacial score (nSPS) is 23.7. The minimum absolute atomic E-state index is 0.0440. The van der Waals surface area contributed by atoms with E-state index in [1.807, 2.05) is 20.8 Å². The minimum Gasteiger partial charge on any atom is -0.460 e. The first-order valence-electron chi connectivity index (χ1n) is 6.70. The van der Waals surface area contributed by atoms with Gasteiger partial charge in [-0.2, -0.15) is 0 Å². The van der Waals surface area contributed by atoms with Crippen LogP contribution in [0.5, 0.6) is 0 Å². The SMILES string of the molecule is C=CCCC(=O)[C@@H]1CCC(C(=O)OC(C)(C)C)C1. The molecule has 1 aliphatic rings. The third-order valence-electron chi connectivity index (χ3n) is 3.22. The van der Waals surface area contributed by atoms with E-state index in [0.29, 0.717) is 12.8 Å². The molecule has 0 aromatic carbocycles.